The van der Waals surface area contributed by atoms with Crippen LogP contribution in [0.2, 0.25) is 5.02 Å². The Kier molecular flexibility index (Phi) is 5.52. The number of nitrogens with zero attached hydrogens (tertiary/aromatic N) is 1. The van der Waals surface area contributed by atoms with E-state index in [4.69, 9.17) is 16.8 Å². The van der Waals surface area contributed by atoms with Crippen LogP contribution in [0.15, 0.2) is 24.3 Å². The number of nitrogens with one attached hydrogen (secondary N) is 1. The zero-order valence-electron chi connectivity index (χ0n) is 13.3. The fraction of sp³-hybridized carbons (Fsp3) is 0.467. The van der Waals surface area contributed by atoms with Crippen molar-refractivity contribution in [3.05, 3.63) is 34.9 Å². The first-order chi connectivity index (χ1) is 11.2. The van der Waals surface area contributed by atoms with Gasteiger partial charge in [0.05, 0.1) is 0 Å². The second kappa shape index (κ2) is 7.08. The molecule has 0 aliphatic carbocycles. The molecule has 1 aromatic rings. The summed E-state index contributed by atoms with van der Waals surface area (Å²) in [6.07, 6.45) is 0.220. The van der Waals surface area contributed by atoms with Gasteiger partial charge in [0.15, 0.2) is 15.2 Å². The SMILES string of the molecule is CC(C)CC(C(=O)NO)N1C(=O)CS(=O)(=O)[C@H]1c1ccc(Cl)cc1. The van der Waals surface area contributed by atoms with Crippen molar-refractivity contribution in [1.29, 1.82) is 0 Å². The van der Waals surface area contributed by atoms with Crippen LogP contribution in [0.3, 0.4) is 0 Å². The molecule has 132 valence electrons. The Balaban J connectivity index is 2.52. The van der Waals surface area contributed by atoms with Gasteiger partial charge in [0.1, 0.15) is 11.8 Å². The van der Waals surface area contributed by atoms with E-state index < -0.39 is 38.8 Å². The number of carbonyl (C=O) groups excluding carboxylic acids is 2. The first-order valence-electron chi connectivity index (χ1n) is 7.39. The van der Waals surface area contributed by atoms with Crippen LogP contribution in [0, 0.1) is 5.92 Å². The fourth-order valence-electron chi connectivity index (χ4n) is 2.83. The maximum Gasteiger partial charge on any atom is 0.266 e. The molecule has 0 bridgehead atoms. The Hall–Kier alpha value is -1.64. The predicted molar refractivity (Wildman–Crippen MR) is 88.0 cm³/mol. The standard InChI is InChI=1S/C15H19ClN2O5S/c1-9(2)7-12(14(20)17-21)18-13(19)8-24(22,23)15(18)10-3-5-11(16)6-4-10/h3-6,9,12,15,21H,7-8H2,1-2H3,(H,17,20)/t12?,15-/m0/s1. The topological polar surface area (TPSA) is 104 Å². The first-order valence-corrected chi connectivity index (χ1v) is 9.49. The minimum absolute atomic E-state index is 0.00859. The van der Waals surface area contributed by atoms with E-state index in [1.807, 2.05) is 13.8 Å². The van der Waals surface area contributed by atoms with Crippen molar-refractivity contribution in [3.8, 4) is 0 Å². The average molecular weight is 375 g/mol. The van der Waals surface area contributed by atoms with Crippen LogP contribution < -0.4 is 5.48 Å². The quantitative estimate of drug-likeness (QED) is 0.600. The lowest BCUT2D eigenvalue weighted by molar-refractivity contribution is -0.143. The van der Waals surface area contributed by atoms with Gasteiger partial charge in [-0.05, 0) is 30.0 Å². The molecule has 1 saturated heterocycles. The number of hydrogen-bond acceptors (Lipinski definition) is 5. The number of sulfone groups is 1. The van der Waals surface area contributed by atoms with Crippen LogP contribution in [0.25, 0.3) is 0 Å². The highest BCUT2D eigenvalue weighted by Crippen LogP contribution is 2.37. The molecule has 9 heteroatoms. The van der Waals surface area contributed by atoms with E-state index in [0.717, 1.165) is 4.90 Å². The van der Waals surface area contributed by atoms with Crippen LogP contribution in [-0.4, -0.2) is 42.1 Å². The zero-order chi connectivity index (χ0) is 18.1. The Morgan fingerprint density at radius 2 is 1.96 bits per heavy atom. The summed E-state index contributed by atoms with van der Waals surface area (Å²) in [4.78, 5) is 25.4. The van der Waals surface area contributed by atoms with Crippen LogP contribution in [0.1, 0.15) is 31.2 Å². The van der Waals surface area contributed by atoms with E-state index >= 15 is 0 Å². The van der Waals surface area contributed by atoms with E-state index in [9.17, 15) is 18.0 Å². The Morgan fingerprint density at radius 1 is 1.38 bits per heavy atom. The van der Waals surface area contributed by atoms with Crippen molar-refractivity contribution in [2.24, 2.45) is 5.92 Å². The monoisotopic (exact) mass is 374 g/mol. The van der Waals surface area contributed by atoms with E-state index in [1.54, 1.807) is 0 Å². The molecule has 7 nitrogen and oxygen atoms in total. The lowest BCUT2D eigenvalue weighted by Gasteiger charge is -2.31. The Labute approximate surface area is 145 Å². The lowest BCUT2D eigenvalue weighted by Crippen LogP contribution is -2.48. The number of benzene rings is 1. The maximum absolute atomic E-state index is 12.5. The zero-order valence-corrected chi connectivity index (χ0v) is 14.8. The lowest BCUT2D eigenvalue weighted by atomic mass is 10.0. The highest BCUT2D eigenvalue weighted by Gasteiger charge is 2.49. The van der Waals surface area contributed by atoms with Gasteiger partial charge in [-0.3, -0.25) is 14.8 Å². The summed E-state index contributed by atoms with van der Waals surface area (Å²) < 4.78 is 25.0. The van der Waals surface area contributed by atoms with Gasteiger partial charge in [-0.25, -0.2) is 13.9 Å². The van der Waals surface area contributed by atoms with Crippen LogP contribution >= 0.6 is 11.6 Å². The molecule has 1 aliphatic heterocycles. The van der Waals surface area contributed by atoms with Gasteiger partial charge < -0.3 is 4.90 Å². The summed E-state index contributed by atoms with van der Waals surface area (Å²) in [6, 6.07) is 4.99. The molecule has 2 atom stereocenters. The fourth-order valence-corrected chi connectivity index (χ4v) is 4.79. The third kappa shape index (κ3) is 3.71. The van der Waals surface area contributed by atoms with Gasteiger partial charge >= 0.3 is 0 Å². The minimum Gasteiger partial charge on any atom is -0.309 e. The molecule has 1 unspecified atom stereocenters. The summed E-state index contributed by atoms with van der Waals surface area (Å²) in [7, 11) is -3.80. The summed E-state index contributed by atoms with van der Waals surface area (Å²) in [5.41, 5.74) is 1.88. The molecular weight excluding hydrogens is 356 g/mol. The van der Waals surface area contributed by atoms with Crippen LogP contribution in [0.5, 0.6) is 0 Å². The van der Waals surface area contributed by atoms with E-state index in [2.05, 4.69) is 0 Å². The number of carbonyl (C=O) groups is 2. The average Bonchev–Trinajstić information content (AvgIpc) is 2.73. The molecule has 2 rings (SSSR count). The predicted octanol–water partition coefficient (Wildman–Crippen LogP) is 1.52. The van der Waals surface area contributed by atoms with Gasteiger partial charge in [-0.15, -0.1) is 0 Å². The summed E-state index contributed by atoms with van der Waals surface area (Å²) in [5.74, 6) is -2.14. The number of amides is 2. The third-order valence-corrected chi connectivity index (χ3v) is 5.88. The highest BCUT2D eigenvalue weighted by molar-refractivity contribution is 7.92. The van der Waals surface area contributed by atoms with Crippen molar-refractivity contribution in [2.75, 3.05) is 5.75 Å². The molecule has 0 aromatic heterocycles. The largest absolute Gasteiger partial charge is 0.309 e. The van der Waals surface area contributed by atoms with Crippen molar-refractivity contribution in [2.45, 2.75) is 31.7 Å². The van der Waals surface area contributed by atoms with Crippen LogP contribution in [-0.2, 0) is 19.4 Å². The van der Waals surface area contributed by atoms with E-state index in [0.29, 0.717) is 10.6 Å². The van der Waals surface area contributed by atoms with Crippen molar-refractivity contribution < 1.29 is 23.2 Å². The van der Waals surface area contributed by atoms with Gasteiger partial charge in [0, 0.05) is 5.02 Å². The molecule has 2 amide bonds. The summed E-state index contributed by atoms with van der Waals surface area (Å²) >= 11 is 5.83. The molecule has 0 spiro atoms. The Bertz CT molecular complexity index is 733. The molecule has 0 radical (unpaired) electrons. The maximum atomic E-state index is 12.5. The number of hydrogen-bond donors (Lipinski definition) is 2. The van der Waals surface area contributed by atoms with Crippen molar-refractivity contribution >= 4 is 33.3 Å². The van der Waals surface area contributed by atoms with Gasteiger partial charge in [0.2, 0.25) is 5.91 Å². The molecule has 1 aliphatic rings. The molecular formula is C15H19ClN2O5S. The van der Waals surface area contributed by atoms with Crippen molar-refractivity contribution in [3.63, 3.8) is 0 Å². The van der Waals surface area contributed by atoms with Gasteiger partial charge in [-0.2, -0.15) is 0 Å². The molecule has 0 saturated carbocycles. The number of hydroxylamine groups is 1. The number of rotatable bonds is 5. The van der Waals surface area contributed by atoms with Crippen LogP contribution in [0.4, 0.5) is 0 Å². The minimum atomic E-state index is -3.80. The van der Waals surface area contributed by atoms with E-state index in [1.165, 1.54) is 29.7 Å². The summed E-state index contributed by atoms with van der Waals surface area (Å²) in [5, 5.41) is 8.14. The third-order valence-electron chi connectivity index (χ3n) is 3.80. The van der Waals surface area contributed by atoms with Gasteiger partial charge in [-0.1, -0.05) is 37.6 Å². The molecule has 2 N–H and O–H groups in total. The smallest absolute Gasteiger partial charge is 0.266 e. The Morgan fingerprint density at radius 3 is 2.46 bits per heavy atom. The second-order valence-corrected chi connectivity index (χ2v) is 8.63. The molecule has 1 aromatic carbocycles. The number of halogens is 1. The first kappa shape index (κ1) is 18.7. The van der Waals surface area contributed by atoms with Crippen molar-refractivity contribution in [1.82, 2.24) is 10.4 Å². The molecule has 24 heavy (non-hydrogen) atoms. The molecule has 1 heterocycles. The second-order valence-electron chi connectivity index (χ2n) is 6.13. The molecule has 1 fully saturated rings. The van der Waals surface area contributed by atoms with E-state index in [-0.39, 0.29) is 12.3 Å². The van der Waals surface area contributed by atoms with Gasteiger partial charge in [0.25, 0.3) is 5.91 Å². The highest BCUT2D eigenvalue weighted by atomic mass is 35.5. The summed E-state index contributed by atoms with van der Waals surface area (Å²) in [6.45, 7) is 3.67. The normalized spacial score (nSPS) is 21.1.